The molecule has 1 aromatic rings. The molecule has 1 aromatic carbocycles. The van der Waals surface area contributed by atoms with Gasteiger partial charge < -0.3 is 5.32 Å². The lowest BCUT2D eigenvalue weighted by Crippen LogP contribution is -2.46. The molecular weight excluding hydrogens is 328 g/mol. The van der Waals surface area contributed by atoms with Crippen molar-refractivity contribution in [3.8, 4) is 0 Å². The van der Waals surface area contributed by atoms with Crippen molar-refractivity contribution in [2.45, 2.75) is 30.7 Å². The van der Waals surface area contributed by atoms with Crippen molar-refractivity contribution in [1.82, 2.24) is 9.62 Å². The van der Waals surface area contributed by atoms with E-state index in [1.54, 1.807) is 25.2 Å². The average molecular weight is 347 g/mol. The van der Waals surface area contributed by atoms with Gasteiger partial charge in [-0.3, -0.25) is 0 Å². The van der Waals surface area contributed by atoms with E-state index in [2.05, 4.69) is 21.2 Å². The quantitative estimate of drug-likeness (QED) is 0.911. The first-order valence-electron chi connectivity index (χ1n) is 6.38. The SMILES string of the molecule is Cc1cc(S(=O)(=O)N(C)C2CCCNC2)ccc1Br. The van der Waals surface area contributed by atoms with Gasteiger partial charge in [-0.15, -0.1) is 0 Å². The smallest absolute Gasteiger partial charge is 0.243 e. The highest BCUT2D eigenvalue weighted by atomic mass is 79.9. The van der Waals surface area contributed by atoms with E-state index >= 15 is 0 Å². The normalized spacial score (nSPS) is 20.7. The topological polar surface area (TPSA) is 49.4 Å². The van der Waals surface area contributed by atoms with Crippen molar-refractivity contribution in [2.75, 3.05) is 20.1 Å². The van der Waals surface area contributed by atoms with Crippen molar-refractivity contribution in [3.63, 3.8) is 0 Å². The van der Waals surface area contributed by atoms with E-state index in [9.17, 15) is 8.42 Å². The van der Waals surface area contributed by atoms with Crippen LogP contribution in [0.15, 0.2) is 27.6 Å². The second-order valence-corrected chi connectivity index (χ2v) is 7.78. The molecule has 106 valence electrons. The first-order valence-corrected chi connectivity index (χ1v) is 8.61. The van der Waals surface area contributed by atoms with E-state index in [1.165, 1.54) is 4.31 Å². The maximum Gasteiger partial charge on any atom is 0.243 e. The van der Waals surface area contributed by atoms with Gasteiger partial charge in [0.2, 0.25) is 10.0 Å². The number of rotatable bonds is 3. The van der Waals surface area contributed by atoms with Crippen LogP contribution >= 0.6 is 15.9 Å². The zero-order chi connectivity index (χ0) is 14.0. The second kappa shape index (κ2) is 5.91. The number of hydrogen-bond donors (Lipinski definition) is 1. The van der Waals surface area contributed by atoms with Crippen molar-refractivity contribution < 1.29 is 8.42 Å². The maximum atomic E-state index is 12.6. The van der Waals surface area contributed by atoms with E-state index in [1.807, 2.05) is 6.92 Å². The molecule has 0 bridgehead atoms. The highest BCUT2D eigenvalue weighted by Crippen LogP contribution is 2.24. The molecule has 6 heteroatoms. The molecule has 1 saturated heterocycles. The highest BCUT2D eigenvalue weighted by Gasteiger charge is 2.29. The van der Waals surface area contributed by atoms with E-state index in [0.717, 1.165) is 36.0 Å². The van der Waals surface area contributed by atoms with Crippen LogP contribution in [0.4, 0.5) is 0 Å². The van der Waals surface area contributed by atoms with Gasteiger partial charge in [-0.05, 0) is 50.1 Å². The lowest BCUT2D eigenvalue weighted by Gasteiger charge is -2.31. The Kier molecular flexibility index (Phi) is 4.66. The van der Waals surface area contributed by atoms with E-state index < -0.39 is 10.0 Å². The predicted octanol–water partition coefficient (Wildman–Crippen LogP) is 2.13. The molecule has 4 nitrogen and oxygen atoms in total. The molecule has 1 heterocycles. The van der Waals surface area contributed by atoms with Crippen molar-refractivity contribution in [2.24, 2.45) is 0 Å². The first kappa shape index (κ1) is 15.0. The number of nitrogens with one attached hydrogen (secondary N) is 1. The average Bonchev–Trinajstić information content (AvgIpc) is 2.41. The summed E-state index contributed by atoms with van der Waals surface area (Å²) in [6.07, 6.45) is 1.93. The number of piperidine rings is 1. The molecule has 1 fully saturated rings. The second-order valence-electron chi connectivity index (χ2n) is 4.93. The minimum Gasteiger partial charge on any atom is -0.315 e. The summed E-state index contributed by atoms with van der Waals surface area (Å²) in [6.45, 7) is 3.60. The summed E-state index contributed by atoms with van der Waals surface area (Å²) in [7, 11) is -1.73. The standard InChI is InChI=1S/C13H19BrN2O2S/c1-10-8-12(5-6-13(10)14)19(17,18)16(2)11-4-3-7-15-9-11/h5-6,8,11,15H,3-4,7,9H2,1-2H3. The number of likely N-dealkylation sites (N-methyl/N-ethyl adjacent to an activating group) is 1. The van der Waals surface area contributed by atoms with Crippen LogP contribution in [-0.4, -0.2) is 38.9 Å². The number of sulfonamides is 1. The fraction of sp³-hybridized carbons (Fsp3) is 0.538. The summed E-state index contributed by atoms with van der Waals surface area (Å²) < 4.78 is 27.6. The fourth-order valence-corrected chi connectivity index (χ4v) is 4.00. The number of hydrogen-bond acceptors (Lipinski definition) is 3. The van der Waals surface area contributed by atoms with Crippen molar-refractivity contribution in [3.05, 3.63) is 28.2 Å². The summed E-state index contributed by atoms with van der Waals surface area (Å²) in [5, 5.41) is 3.25. The predicted molar refractivity (Wildman–Crippen MR) is 79.7 cm³/mol. The lowest BCUT2D eigenvalue weighted by molar-refractivity contribution is 0.300. The van der Waals surface area contributed by atoms with Gasteiger partial charge in [-0.25, -0.2) is 8.42 Å². The Labute approximate surface area is 123 Å². The van der Waals surface area contributed by atoms with Gasteiger partial charge >= 0.3 is 0 Å². The molecule has 0 radical (unpaired) electrons. The van der Waals surface area contributed by atoms with Gasteiger partial charge in [0, 0.05) is 24.1 Å². The number of aryl methyl sites for hydroxylation is 1. The van der Waals surface area contributed by atoms with E-state index in [-0.39, 0.29) is 6.04 Å². The minimum absolute atomic E-state index is 0.0442. The first-order chi connectivity index (χ1) is 8.93. The van der Waals surface area contributed by atoms with Gasteiger partial charge in [0.25, 0.3) is 0 Å². The molecule has 2 rings (SSSR count). The van der Waals surface area contributed by atoms with E-state index in [0.29, 0.717) is 4.90 Å². The molecule has 1 N–H and O–H groups in total. The molecule has 0 spiro atoms. The summed E-state index contributed by atoms with van der Waals surface area (Å²) in [5.74, 6) is 0. The largest absolute Gasteiger partial charge is 0.315 e. The molecule has 1 atom stereocenters. The number of benzene rings is 1. The van der Waals surface area contributed by atoms with Crippen LogP contribution in [0.2, 0.25) is 0 Å². The van der Waals surface area contributed by atoms with Crippen LogP contribution in [0.3, 0.4) is 0 Å². The Morgan fingerprint density at radius 1 is 1.42 bits per heavy atom. The Morgan fingerprint density at radius 2 is 2.16 bits per heavy atom. The van der Waals surface area contributed by atoms with Gasteiger partial charge in [-0.1, -0.05) is 15.9 Å². The molecule has 0 saturated carbocycles. The third-order valence-electron chi connectivity index (χ3n) is 3.59. The van der Waals surface area contributed by atoms with Crippen LogP contribution in [0, 0.1) is 6.92 Å². The summed E-state index contributed by atoms with van der Waals surface area (Å²) in [6, 6.07) is 5.20. The minimum atomic E-state index is -3.41. The van der Waals surface area contributed by atoms with Crippen molar-refractivity contribution >= 4 is 26.0 Å². The van der Waals surface area contributed by atoms with Gasteiger partial charge in [0.15, 0.2) is 0 Å². The molecular formula is C13H19BrN2O2S. The van der Waals surface area contributed by atoms with Crippen LogP contribution in [0.1, 0.15) is 18.4 Å². The van der Waals surface area contributed by atoms with Gasteiger partial charge in [0.1, 0.15) is 0 Å². The summed E-state index contributed by atoms with van der Waals surface area (Å²) in [4.78, 5) is 0.362. The molecule has 19 heavy (non-hydrogen) atoms. The van der Waals surface area contributed by atoms with E-state index in [4.69, 9.17) is 0 Å². The zero-order valence-corrected chi connectivity index (χ0v) is 13.6. The molecule has 1 unspecified atom stereocenters. The summed E-state index contributed by atoms with van der Waals surface area (Å²) >= 11 is 3.39. The third kappa shape index (κ3) is 3.18. The zero-order valence-electron chi connectivity index (χ0n) is 11.2. The molecule has 1 aliphatic rings. The Balaban J connectivity index is 2.27. The fourth-order valence-electron chi connectivity index (χ4n) is 2.28. The molecule has 0 aromatic heterocycles. The molecule has 0 amide bonds. The monoisotopic (exact) mass is 346 g/mol. The van der Waals surface area contributed by atoms with Crippen molar-refractivity contribution in [1.29, 1.82) is 0 Å². The Hall–Kier alpha value is -0.430. The van der Waals surface area contributed by atoms with Crippen LogP contribution < -0.4 is 5.32 Å². The van der Waals surface area contributed by atoms with Gasteiger partial charge in [-0.2, -0.15) is 4.31 Å². The molecule has 1 aliphatic heterocycles. The van der Waals surface area contributed by atoms with Crippen LogP contribution in [0.5, 0.6) is 0 Å². The Bertz CT molecular complexity index is 554. The number of nitrogens with zero attached hydrogens (tertiary/aromatic N) is 1. The summed E-state index contributed by atoms with van der Waals surface area (Å²) in [5.41, 5.74) is 0.927. The highest BCUT2D eigenvalue weighted by molar-refractivity contribution is 9.10. The lowest BCUT2D eigenvalue weighted by atomic mass is 10.1. The molecule has 0 aliphatic carbocycles. The Morgan fingerprint density at radius 3 is 2.74 bits per heavy atom. The van der Waals surface area contributed by atoms with Crippen LogP contribution in [-0.2, 0) is 10.0 Å². The maximum absolute atomic E-state index is 12.6. The third-order valence-corrected chi connectivity index (χ3v) is 6.39. The van der Waals surface area contributed by atoms with Gasteiger partial charge in [0.05, 0.1) is 4.90 Å². The van der Waals surface area contributed by atoms with Crippen LogP contribution in [0.25, 0.3) is 0 Å². The number of halogens is 1.